The summed E-state index contributed by atoms with van der Waals surface area (Å²) in [6.07, 6.45) is 2.31. The van der Waals surface area contributed by atoms with E-state index >= 15 is 0 Å². The number of nitrogens with zero attached hydrogens (tertiary/aromatic N) is 3. The molecule has 1 fully saturated rings. The zero-order valence-electron chi connectivity index (χ0n) is 12.3. The normalized spacial score (nSPS) is 15.0. The molecule has 114 valence electrons. The lowest BCUT2D eigenvalue weighted by Gasteiger charge is -2.12. The van der Waals surface area contributed by atoms with Crippen LogP contribution in [0.4, 0.5) is 4.39 Å². The molecule has 0 atom stereocenters. The van der Waals surface area contributed by atoms with Crippen molar-refractivity contribution in [1.82, 2.24) is 20.0 Å². The minimum atomic E-state index is -0.217. The predicted octanol–water partition coefficient (Wildman–Crippen LogP) is 3.20. The number of rotatable bonds is 5. The lowest BCUT2D eigenvalue weighted by atomic mass is 10.2. The highest BCUT2D eigenvalue weighted by molar-refractivity contribution is 5.80. The largest absolute Gasteiger partial charge is 0.357 e. The van der Waals surface area contributed by atoms with Crippen LogP contribution >= 0.6 is 0 Å². The van der Waals surface area contributed by atoms with Gasteiger partial charge in [-0.05, 0) is 44.2 Å². The van der Waals surface area contributed by atoms with E-state index in [2.05, 4.69) is 20.0 Å². The van der Waals surface area contributed by atoms with Crippen LogP contribution in [0.25, 0.3) is 10.9 Å². The third kappa shape index (κ3) is 2.74. The molecule has 0 saturated heterocycles. The monoisotopic (exact) mass is 300 g/mol. The average Bonchev–Trinajstić information content (AvgIpc) is 3.10. The van der Waals surface area contributed by atoms with Gasteiger partial charge in [0.1, 0.15) is 5.82 Å². The number of halogens is 1. The van der Waals surface area contributed by atoms with E-state index in [1.165, 1.54) is 12.1 Å². The van der Waals surface area contributed by atoms with Gasteiger partial charge in [0.25, 0.3) is 0 Å². The highest BCUT2D eigenvalue weighted by Crippen LogP contribution is 2.38. The van der Waals surface area contributed by atoms with Gasteiger partial charge in [0, 0.05) is 29.1 Å². The van der Waals surface area contributed by atoms with Gasteiger partial charge in [0.05, 0.1) is 6.54 Å². The fourth-order valence-electron chi connectivity index (χ4n) is 2.66. The van der Waals surface area contributed by atoms with Gasteiger partial charge in [-0.15, -0.1) is 0 Å². The Labute approximate surface area is 127 Å². The summed E-state index contributed by atoms with van der Waals surface area (Å²) in [5.41, 5.74) is 1.98. The summed E-state index contributed by atoms with van der Waals surface area (Å²) in [5.74, 6) is 1.75. The highest BCUT2D eigenvalue weighted by atomic mass is 19.1. The first-order chi connectivity index (χ1) is 10.7. The van der Waals surface area contributed by atoms with Crippen molar-refractivity contribution in [3.8, 4) is 0 Å². The molecule has 3 aromatic rings. The van der Waals surface area contributed by atoms with E-state index in [1.54, 1.807) is 6.07 Å². The number of fused-ring (bicyclic) bond motifs is 1. The second-order valence-corrected chi connectivity index (χ2v) is 6.02. The molecule has 0 amide bonds. The molecule has 2 aromatic heterocycles. The zero-order valence-corrected chi connectivity index (χ0v) is 12.3. The third-order valence-electron chi connectivity index (χ3n) is 3.90. The van der Waals surface area contributed by atoms with E-state index in [-0.39, 0.29) is 5.82 Å². The van der Waals surface area contributed by atoms with Crippen LogP contribution in [0.1, 0.15) is 36.2 Å². The van der Waals surface area contributed by atoms with Gasteiger partial charge in [-0.3, -0.25) is 4.90 Å². The van der Waals surface area contributed by atoms with E-state index in [0.29, 0.717) is 24.8 Å². The van der Waals surface area contributed by atoms with Gasteiger partial charge in [0.15, 0.2) is 5.82 Å². The Hall–Kier alpha value is -2.21. The number of benzene rings is 1. The van der Waals surface area contributed by atoms with Crippen LogP contribution in [0.2, 0.25) is 0 Å². The Kier molecular flexibility index (Phi) is 3.18. The summed E-state index contributed by atoms with van der Waals surface area (Å²) in [4.78, 5) is 9.83. The van der Waals surface area contributed by atoms with Gasteiger partial charge < -0.3 is 9.51 Å². The van der Waals surface area contributed by atoms with Crippen molar-refractivity contribution in [2.45, 2.75) is 31.8 Å². The van der Waals surface area contributed by atoms with Crippen LogP contribution in [-0.4, -0.2) is 27.1 Å². The number of hydrogen-bond acceptors (Lipinski definition) is 4. The molecule has 5 nitrogen and oxygen atoms in total. The molecule has 0 bridgehead atoms. The Morgan fingerprint density at radius 3 is 3.00 bits per heavy atom. The Morgan fingerprint density at radius 2 is 2.18 bits per heavy atom. The summed E-state index contributed by atoms with van der Waals surface area (Å²) in [7, 11) is 2.00. The maximum absolute atomic E-state index is 13.2. The van der Waals surface area contributed by atoms with E-state index < -0.39 is 0 Å². The molecule has 4 rings (SSSR count). The number of H-pyrrole nitrogens is 1. The molecule has 6 heteroatoms. The first-order valence-corrected chi connectivity index (χ1v) is 7.45. The average molecular weight is 300 g/mol. The van der Waals surface area contributed by atoms with E-state index in [1.807, 2.05) is 13.1 Å². The molecular formula is C16H17FN4O. The van der Waals surface area contributed by atoms with E-state index in [0.717, 1.165) is 35.3 Å². The first kappa shape index (κ1) is 13.5. The summed E-state index contributed by atoms with van der Waals surface area (Å²) in [6, 6.07) is 6.73. The van der Waals surface area contributed by atoms with Crippen LogP contribution < -0.4 is 0 Å². The zero-order chi connectivity index (χ0) is 15.1. The predicted molar refractivity (Wildman–Crippen MR) is 79.7 cm³/mol. The first-order valence-electron chi connectivity index (χ1n) is 7.45. The topological polar surface area (TPSA) is 58.0 Å². The lowest BCUT2D eigenvalue weighted by molar-refractivity contribution is 0.297. The van der Waals surface area contributed by atoms with Crippen molar-refractivity contribution in [3.63, 3.8) is 0 Å². The van der Waals surface area contributed by atoms with Crippen molar-refractivity contribution in [1.29, 1.82) is 0 Å². The number of aromatic nitrogens is 3. The third-order valence-corrected chi connectivity index (χ3v) is 3.90. The SMILES string of the molecule is CN(Cc1noc(C2CC2)n1)Cc1cc2cc(F)ccc2[nH]1. The van der Waals surface area contributed by atoms with Crippen LogP contribution in [0.3, 0.4) is 0 Å². The molecule has 0 aliphatic heterocycles. The number of nitrogens with one attached hydrogen (secondary N) is 1. The Morgan fingerprint density at radius 1 is 1.32 bits per heavy atom. The maximum atomic E-state index is 13.2. The highest BCUT2D eigenvalue weighted by Gasteiger charge is 2.29. The van der Waals surface area contributed by atoms with Crippen LogP contribution in [0.15, 0.2) is 28.8 Å². The number of hydrogen-bond donors (Lipinski definition) is 1. The molecule has 1 aliphatic carbocycles. The summed E-state index contributed by atoms with van der Waals surface area (Å²) in [5, 5.41) is 4.91. The van der Waals surface area contributed by atoms with Crippen molar-refractivity contribution >= 4 is 10.9 Å². The molecule has 0 spiro atoms. The van der Waals surface area contributed by atoms with Crippen molar-refractivity contribution < 1.29 is 8.91 Å². The minimum Gasteiger partial charge on any atom is -0.357 e. The summed E-state index contributed by atoms with van der Waals surface area (Å²) < 4.78 is 18.5. The van der Waals surface area contributed by atoms with Gasteiger partial charge in [-0.1, -0.05) is 5.16 Å². The molecule has 1 aromatic carbocycles. The van der Waals surface area contributed by atoms with Gasteiger partial charge in [0.2, 0.25) is 5.89 Å². The Balaban J connectivity index is 1.44. The smallest absolute Gasteiger partial charge is 0.229 e. The van der Waals surface area contributed by atoms with Gasteiger partial charge in [-0.25, -0.2) is 4.39 Å². The second kappa shape index (κ2) is 5.21. The Bertz CT molecular complexity index is 805. The van der Waals surface area contributed by atoms with Crippen LogP contribution in [0.5, 0.6) is 0 Å². The standard InChI is InChI=1S/C16H17FN4O/c1-21(9-15-19-16(22-20-15)10-2-3-10)8-13-7-11-6-12(17)4-5-14(11)18-13/h4-7,10,18H,2-3,8-9H2,1H3. The second-order valence-electron chi connectivity index (χ2n) is 6.02. The molecule has 1 aliphatic rings. The lowest BCUT2D eigenvalue weighted by Crippen LogP contribution is -2.18. The fourth-order valence-corrected chi connectivity index (χ4v) is 2.66. The van der Waals surface area contributed by atoms with Crippen LogP contribution in [0, 0.1) is 5.82 Å². The van der Waals surface area contributed by atoms with Gasteiger partial charge in [-0.2, -0.15) is 4.98 Å². The summed E-state index contributed by atoms with van der Waals surface area (Å²) >= 11 is 0. The molecule has 0 radical (unpaired) electrons. The minimum absolute atomic E-state index is 0.217. The van der Waals surface area contributed by atoms with Crippen molar-refractivity contribution in [2.75, 3.05) is 7.05 Å². The van der Waals surface area contributed by atoms with E-state index in [4.69, 9.17) is 4.52 Å². The van der Waals surface area contributed by atoms with Gasteiger partial charge >= 0.3 is 0 Å². The molecule has 2 heterocycles. The van der Waals surface area contributed by atoms with Crippen molar-refractivity contribution in [3.05, 3.63) is 47.5 Å². The molecule has 22 heavy (non-hydrogen) atoms. The number of aromatic amines is 1. The van der Waals surface area contributed by atoms with Crippen molar-refractivity contribution in [2.24, 2.45) is 0 Å². The molecular weight excluding hydrogens is 283 g/mol. The molecule has 1 N–H and O–H groups in total. The van der Waals surface area contributed by atoms with Crippen LogP contribution in [-0.2, 0) is 13.1 Å². The fraction of sp³-hybridized carbons (Fsp3) is 0.375. The summed E-state index contributed by atoms with van der Waals surface area (Å²) in [6.45, 7) is 1.34. The molecule has 0 unspecified atom stereocenters. The quantitative estimate of drug-likeness (QED) is 0.786. The maximum Gasteiger partial charge on any atom is 0.229 e. The molecule has 1 saturated carbocycles. The van der Waals surface area contributed by atoms with E-state index in [9.17, 15) is 4.39 Å².